The summed E-state index contributed by atoms with van der Waals surface area (Å²) in [6.45, 7) is 0.252. The number of fused-ring (bicyclic) bond motifs is 1. The van der Waals surface area contributed by atoms with Crippen LogP contribution in [0, 0.1) is 0 Å². The van der Waals surface area contributed by atoms with Crippen molar-refractivity contribution in [3.63, 3.8) is 0 Å². The van der Waals surface area contributed by atoms with Gasteiger partial charge in [-0.05, 0) is 37.1 Å². The van der Waals surface area contributed by atoms with Gasteiger partial charge >= 0.3 is 0 Å². The van der Waals surface area contributed by atoms with E-state index in [0.717, 1.165) is 24.3 Å². The smallest absolute Gasteiger partial charge is 0.253 e. The number of anilines is 2. The summed E-state index contributed by atoms with van der Waals surface area (Å²) in [5, 5.41) is 6.31. The second-order valence-corrected chi connectivity index (χ2v) is 6.43. The molecule has 1 saturated carbocycles. The van der Waals surface area contributed by atoms with E-state index in [1.165, 1.54) is 19.3 Å². The average molecular weight is 339 g/mol. The van der Waals surface area contributed by atoms with E-state index in [-0.39, 0.29) is 12.7 Å². The summed E-state index contributed by atoms with van der Waals surface area (Å²) in [6, 6.07) is 9.53. The third-order valence-electron chi connectivity index (χ3n) is 4.61. The predicted molar refractivity (Wildman–Crippen MR) is 94.4 cm³/mol. The van der Waals surface area contributed by atoms with Crippen LogP contribution in [0.5, 0.6) is 11.5 Å². The zero-order valence-corrected chi connectivity index (χ0v) is 14.0. The van der Waals surface area contributed by atoms with Gasteiger partial charge in [0.15, 0.2) is 11.5 Å². The number of carbonyl (C=O) groups is 1. The molecule has 1 aromatic carbocycles. The number of carbonyl (C=O) groups excluding carboxylic acids is 1. The Hall–Kier alpha value is -2.76. The molecule has 2 aromatic rings. The molecule has 1 amide bonds. The zero-order valence-electron chi connectivity index (χ0n) is 14.0. The van der Waals surface area contributed by atoms with Crippen LogP contribution in [0.4, 0.5) is 11.5 Å². The minimum atomic E-state index is -0.0472. The molecule has 2 N–H and O–H groups in total. The molecule has 2 aliphatic rings. The Bertz CT molecular complexity index is 755. The molecule has 2 heterocycles. The number of hydrogen-bond acceptors (Lipinski definition) is 5. The van der Waals surface area contributed by atoms with E-state index >= 15 is 0 Å². The first-order valence-corrected chi connectivity index (χ1v) is 8.71. The van der Waals surface area contributed by atoms with Gasteiger partial charge in [0, 0.05) is 24.0 Å². The number of hydrogen-bond donors (Lipinski definition) is 2. The highest BCUT2D eigenvalue weighted by Crippen LogP contribution is 2.34. The second kappa shape index (κ2) is 7.01. The SMILES string of the molecule is O=C(NC1CCCCC1)c1ccc(Nc2ccc3c(c2)OCO3)nc1. The first kappa shape index (κ1) is 15.7. The molecule has 4 rings (SSSR count). The molecule has 0 atom stereocenters. The van der Waals surface area contributed by atoms with Gasteiger partial charge in [-0.25, -0.2) is 4.98 Å². The fraction of sp³-hybridized carbons (Fsp3) is 0.368. The maximum absolute atomic E-state index is 12.3. The molecule has 0 radical (unpaired) electrons. The summed E-state index contributed by atoms with van der Waals surface area (Å²) < 4.78 is 10.7. The van der Waals surface area contributed by atoms with Crippen LogP contribution in [0.3, 0.4) is 0 Å². The monoisotopic (exact) mass is 339 g/mol. The van der Waals surface area contributed by atoms with E-state index < -0.39 is 0 Å². The molecule has 0 unspecified atom stereocenters. The highest BCUT2D eigenvalue weighted by Gasteiger charge is 2.17. The zero-order chi connectivity index (χ0) is 17.1. The van der Waals surface area contributed by atoms with E-state index in [9.17, 15) is 4.79 Å². The van der Waals surface area contributed by atoms with Gasteiger partial charge in [-0.15, -0.1) is 0 Å². The lowest BCUT2D eigenvalue weighted by Gasteiger charge is -2.22. The number of nitrogens with one attached hydrogen (secondary N) is 2. The molecular formula is C19H21N3O3. The van der Waals surface area contributed by atoms with Gasteiger partial charge in [0.2, 0.25) is 6.79 Å². The highest BCUT2D eigenvalue weighted by atomic mass is 16.7. The number of ether oxygens (including phenoxy) is 2. The van der Waals surface area contributed by atoms with Crippen LogP contribution in [0.2, 0.25) is 0 Å². The quantitative estimate of drug-likeness (QED) is 0.890. The number of aromatic nitrogens is 1. The Morgan fingerprint density at radius 1 is 1.04 bits per heavy atom. The number of rotatable bonds is 4. The number of benzene rings is 1. The Labute approximate surface area is 146 Å². The summed E-state index contributed by atoms with van der Waals surface area (Å²) in [5.41, 5.74) is 1.44. The summed E-state index contributed by atoms with van der Waals surface area (Å²) in [5.74, 6) is 2.09. The molecule has 0 saturated heterocycles. The maximum Gasteiger partial charge on any atom is 0.253 e. The summed E-state index contributed by atoms with van der Waals surface area (Å²) in [7, 11) is 0. The molecule has 6 nitrogen and oxygen atoms in total. The lowest BCUT2D eigenvalue weighted by Crippen LogP contribution is -2.36. The van der Waals surface area contributed by atoms with Gasteiger partial charge in [0.1, 0.15) is 5.82 Å². The Kier molecular flexibility index (Phi) is 4.41. The minimum Gasteiger partial charge on any atom is -0.454 e. The second-order valence-electron chi connectivity index (χ2n) is 6.43. The van der Waals surface area contributed by atoms with Gasteiger partial charge in [0.05, 0.1) is 5.56 Å². The van der Waals surface area contributed by atoms with Gasteiger partial charge in [-0.3, -0.25) is 4.79 Å². The number of nitrogens with zero attached hydrogens (tertiary/aromatic N) is 1. The fourth-order valence-corrected chi connectivity index (χ4v) is 3.24. The molecular weight excluding hydrogens is 318 g/mol. The van der Waals surface area contributed by atoms with Gasteiger partial charge in [-0.1, -0.05) is 19.3 Å². The first-order chi connectivity index (χ1) is 12.3. The van der Waals surface area contributed by atoms with Crippen LogP contribution in [-0.2, 0) is 0 Å². The lowest BCUT2D eigenvalue weighted by molar-refractivity contribution is 0.0927. The molecule has 6 heteroatoms. The van der Waals surface area contributed by atoms with Gasteiger partial charge in [-0.2, -0.15) is 0 Å². The van der Waals surface area contributed by atoms with Crippen molar-refractivity contribution in [1.82, 2.24) is 10.3 Å². The third-order valence-corrected chi connectivity index (χ3v) is 4.61. The van der Waals surface area contributed by atoms with E-state index in [2.05, 4.69) is 15.6 Å². The molecule has 0 spiro atoms. The van der Waals surface area contributed by atoms with Crippen LogP contribution in [0.15, 0.2) is 36.5 Å². The van der Waals surface area contributed by atoms with Gasteiger partial charge < -0.3 is 20.1 Å². The summed E-state index contributed by atoms with van der Waals surface area (Å²) in [6.07, 6.45) is 7.41. The molecule has 0 bridgehead atoms. The molecule has 1 aromatic heterocycles. The van der Waals surface area contributed by atoms with Crippen molar-refractivity contribution in [2.45, 2.75) is 38.1 Å². The predicted octanol–water partition coefficient (Wildman–Crippen LogP) is 3.62. The largest absolute Gasteiger partial charge is 0.454 e. The van der Waals surface area contributed by atoms with Crippen molar-refractivity contribution in [2.24, 2.45) is 0 Å². The molecule has 1 aliphatic heterocycles. The Balaban J connectivity index is 1.38. The number of pyridine rings is 1. The minimum absolute atomic E-state index is 0.0472. The van der Waals surface area contributed by atoms with Crippen molar-refractivity contribution in [2.75, 3.05) is 12.1 Å². The topological polar surface area (TPSA) is 72.5 Å². The Morgan fingerprint density at radius 3 is 2.68 bits per heavy atom. The molecule has 130 valence electrons. The van der Waals surface area contributed by atoms with Crippen LogP contribution >= 0.6 is 0 Å². The Morgan fingerprint density at radius 2 is 1.88 bits per heavy atom. The average Bonchev–Trinajstić information content (AvgIpc) is 3.11. The van der Waals surface area contributed by atoms with E-state index in [1.54, 1.807) is 18.3 Å². The van der Waals surface area contributed by atoms with Crippen molar-refractivity contribution >= 4 is 17.4 Å². The van der Waals surface area contributed by atoms with Crippen molar-refractivity contribution in [1.29, 1.82) is 0 Å². The standard InChI is InChI=1S/C19H21N3O3/c23-19(22-14-4-2-1-3-5-14)13-6-9-18(20-11-13)21-15-7-8-16-17(10-15)25-12-24-16/h6-11,14H,1-5,12H2,(H,20,21)(H,22,23). The molecule has 1 aliphatic carbocycles. The van der Waals surface area contributed by atoms with E-state index in [4.69, 9.17) is 9.47 Å². The van der Waals surface area contributed by atoms with Crippen LogP contribution in [-0.4, -0.2) is 23.7 Å². The lowest BCUT2D eigenvalue weighted by atomic mass is 9.95. The van der Waals surface area contributed by atoms with Crippen LogP contribution in [0.25, 0.3) is 0 Å². The highest BCUT2D eigenvalue weighted by molar-refractivity contribution is 5.94. The number of amides is 1. The van der Waals surface area contributed by atoms with Crippen LogP contribution in [0.1, 0.15) is 42.5 Å². The van der Waals surface area contributed by atoms with Crippen molar-refractivity contribution < 1.29 is 14.3 Å². The summed E-state index contributed by atoms with van der Waals surface area (Å²) in [4.78, 5) is 16.6. The van der Waals surface area contributed by atoms with Gasteiger partial charge in [0.25, 0.3) is 5.91 Å². The molecule has 25 heavy (non-hydrogen) atoms. The first-order valence-electron chi connectivity index (χ1n) is 8.71. The normalized spacial score (nSPS) is 16.5. The van der Waals surface area contributed by atoms with Crippen molar-refractivity contribution in [3.05, 3.63) is 42.1 Å². The summed E-state index contributed by atoms with van der Waals surface area (Å²) >= 11 is 0. The maximum atomic E-state index is 12.3. The van der Waals surface area contributed by atoms with Crippen LogP contribution < -0.4 is 20.1 Å². The fourth-order valence-electron chi connectivity index (χ4n) is 3.24. The van der Waals surface area contributed by atoms with Crippen molar-refractivity contribution in [3.8, 4) is 11.5 Å². The van der Waals surface area contributed by atoms with E-state index in [1.807, 2.05) is 18.2 Å². The molecule has 1 fully saturated rings. The van der Waals surface area contributed by atoms with E-state index in [0.29, 0.717) is 23.2 Å². The third kappa shape index (κ3) is 3.68.